The highest BCUT2D eigenvalue weighted by molar-refractivity contribution is 6.32. The second-order valence-corrected chi connectivity index (χ2v) is 5.60. The smallest absolute Gasteiger partial charge is 0.264 e. The van der Waals surface area contributed by atoms with Crippen molar-refractivity contribution in [3.05, 3.63) is 87.7 Å². The Morgan fingerprint density at radius 1 is 1.04 bits per heavy atom. The van der Waals surface area contributed by atoms with Crippen LogP contribution in [0.4, 0.5) is 5.69 Å². The summed E-state index contributed by atoms with van der Waals surface area (Å²) in [4.78, 5) is 23.4. The van der Waals surface area contributed by atoms with Gasteiger partial charge in [0.2, 0.25) is 5.91 Å². The first-order valence-electron chi connectivity index (χ1n) is 7.52. The summed E-state index contributed by atoms with van der Waals surface area (Å²) in [6, 6.07) is 17.5. The van der Waals surface area contributed by atoms with Gasteiger partial charge in [0.25, 0.3) is 5.56 Å². The lowest BCUT2D eigenvalue weighted by atomic mass is 10.1. The van der Waals surface area contributed by atoms with Crippen molar-refractivity contribution < 1.29 is 4.79 Å². The zero-order valence-corrected chi connectivity index (χ0v) is 13.8. The highest BCUT2D eigenvalue weighted by atomic mass is 35.5. The van der Waals surface area contributed by atoms with Crippen LogP contribution in [-0.2, 0) is 4.79 Å². The molecule has 2 N–H and O–H groups in total. The molecular formula is C19H14ClN3O2. The van der Waals surface area contributed by atoms with Gasteiger partial charge in [0.1, 0.15) is 0 Å². The van der Waals surface area contributed by atoms with Crippen molar-refractivity contribution in [3.63, 3.8) is 0 Å². The van der Waals surface area contributed by atoms with Gasteiger partial charge < -0.3 is 5.32 Å². The zero-order chi connectivity index (χ0) is 17.6. The van der Waals surface area contributed by atoms with E-state index in [9.17, 15) is 9.59 Å². The van der Waals surface area contributed by atoms with E-state index in [0.29, 0.717) is 22.0 Å². The number of anilines is 1. The lowest BCUT2D eigenvalue weighted by Crippen LogP contribution is -2.10. The van der Waals surface area contributed by atoms with E-state index >= 15 is 0 Å². The number of aromatic amines is 1. The Morgan fingerprint density at radius 2 is 1.80 bits per heavy atom. The molecule has 0 aliphatic heterocycles. The van der Waals surface area contributed by atoms with Crippen LogP contribution in [-0.4, -0.2) is 16.1 Å². The Balaban J connectivity index is 1.81. The molecule has 0 spiro atoms. The first-order valence-corrected chi connectivity index (χ1v) is 7.90. The largest absolute Gasteiger partial charge is 0.322 e. The number of benzene rings is 2. The Labute approximate surface area is 149 Å². The number of hydrogen-bond acceptors (Lipinski definition) is 3. The van der Waals surface area contributed by atoms with Crippen LogP contribution >= 0.6 is 11.6 Å². The van der Waals surface area contributed by atoms with E-state index in [1.807, 2.05) is 36.4 Å². The molecule has 3 rings (SSSR count). The van der Waals surface area contributed by atoms with Crippen LogP contribution < -0.4 is 10.9 Å². The zero-order valence-electron chi connectivity index (χ0n) is 13.1. The summed E-state index contributed by atoms with van der Waals surface area (Å²) < 4.78 is 0. The van der Waals surface area contributed by atoms with E-state index in [-0.39, 0.29) is 11.5 Å². The number of nitrogens with one attached hydrogen (secondary N) is 2. The van der Waals surface area contributed by atoms with Crippen molar-refractivity contribution in [2.24, 2.45) is 0 Å². The van der Waals surface area contributed by atoms with Crippen LogP contribution in [0.5, 0.6) is 0 Å². The molecule has 1 aromatic heterocycles. The molecule has 0 fully saturated rings. The fourth-order valence-electron chi connectivity index (χ4n) is 2.26. The third-order valence-corrected chi connectivity index (χ3v) is 3.80. The maximum atomic E-state index is 12.2. The first kappa shape index (κ1) is 16.7. The normalized spacial score (nSPS) is 10.8. The van der Waals surface area contributed by atoms with Gasteiger partial charge in [-0.3, -0.25) is 9.59 Å². The number of hydrogen-bond donors (Lipinski definition) is 2. The molecule has 25 heavy (non-hydrogen) atoms. The molecule has 2 aromatic carbocycles. The Morgan fingerprint density at radius 3 is 2.56 bits per heavy atom. The lowest BCUT2D eigenvalue weighted by molar-refractivity contribution is -0.111. The van der Waals surface area contributed by atoms with Crippen LogP contribution in [0, 0.1) is 0 Å². The third-order valence-electron chi connectivity index (χ3n) is 3.46. The quantitative estimate of drug-likeness (QED) is 0.703. The molecule has 124 valence electrons. The van der Waals surface area contributed by atoms with Gasteiger partial charge >= 0.3 is 0 Å². The van der Waals surface area contributed by atoms with Gasteiger partial charge in [0.15, 0.2) is 0 Å². The Hall–Kier alpha value is -3.18. The maximum Gasteiger partial charge on any atom is 0.264 e. The van der Waals surface area contributed by atoms with Gasteiger partial charge in [-0.2, -0.15) is 5.10 Å². The summed E-state index contributed by atoms with van der Waals surface area (Å²) >= 11 is 6.07. The van der Waals surface area contributed by atoms with E-state index in [1.54, 1.807) is 24.3 Å². The summed E-state index contributed by atoms with van der Waals surface area (Å²) in [5, 5.41) is 9.77. The summed E-state index contributed by atoms with van der Waals surface area (Å²) in [6.07, 6.45) is 3.07. The number of H-pyrrole nitrogens is 1. The van der Waals surface area contributed by atoms with E-state index in [0.717, 1.165) is 5.56 Å². The number of nitrogens with zero attached hydrogens (tertiary/aromatic N) is 1. The second kappa shape index (κ2) is 7.59. The number of carbonyl (C=O) groups is 1. The average molecular weight is 352 g/mol. The summed E-state index contributed by atoms with van der Waals surface area (Å²) in [5.41, 5.74) is 2.34. The highest BCUT2D eigenvalue weighted by Gasteiger charge is 2.08. The standard InChI is InChI=1S/C19H14ClN3O2/c20-15-7-3-1-5-13(15)9-11-18(24)21-16-8-4-2-6-14(16)17-10-12-19(25)23-22-17/h1-12H,(H,21,24)(H,23,25). The van der Waals surface area contributed by atoms with Gasteiger partial charge in [0.05, 0.1) is 11.4 Å². The van der Waals surface area contributed by atoms with E-state index in [1.165, 1.54) is 12.1 Å². The summed E-state index contributed by atoms with van der Waals surface area (Å²) in [7, 11) is 0. The number of rotatable bonds is 4. The lowest BCUT2D eigenvalue weighted by Gasteiger charge is -2.08. The molecule has 3 aromatic rings. The first-order chi connectivity index (χ1) is 12.1. The highest BCUT2D eigenvalue weighted by Crippen LogP contribution is 2.25. The molecule has 5 nitrogen and oxygen atoms in total. The van der Waals surface area contributed by atoms with Gasteiger partial charge in [0, 0.05) is 22.7 Å². The molecule has 0 aliphatic carbocycles. The van der Waals surface area contributed by atoms with Gasteiger partial charge in [-0.1, -0.05) is 48.0 Å². The van der Waals surface area contributed by atoms with Crippen LogP contribution in [0.25, 0.3) is 17.3 Å². The Kier molecular flexibility index (Phi) is 5.06. The molecule has 0 saturated heterocycles. The Bertz CT molecular complexity index is 975. The summed E-state index contributed by atoms with van der Waals surface area (Å²) in [5.74, 6) is -0.295. The fourth-order valence-corrected chi connectivity index (χ4v) is 2.46. The van der Waals surface area contributed by atoms with Crippen molar-refractivity contribution in [2.75, 3.05) is 5.32 Å². The van der Waals surface area contributed by atoms with E-state index < -0.39 is 0 Å². The molecule has 6 heteroatoms. The SMILES string of the molecule is O=C(C=Cc1ccccc1Cl)Nc1ccccc1-c1ccc(=O)[nH]n1. The van der Waals surface area contributed by atoms with Gasteiger partial charge in [-0.25, -0.2) is 5.10 Å². The van der Waals surface area contributed by atoms with Crippen molar-refractivity contribution in [3.8, 4) is 11.3 Å². The maximum absolute atomic E-state index is 12.2. The topological polar surface area (TPSA) is 74.8 Å². The minimum Gasteiger partial charge on any atom is -0.322 e. The number of aromatic nitrogens is 2. The predicted molar refractivity (Wildman–Crippen MR) is 99.4 cm³/mol. The van der Waals surface area contributed by atoms with Crippen molar-refractivity contribution >= 4 is 29.3 Å². The van der Waals surface area contributed by atoms with Crippen LogP contribution in [0.3, 0.4) is 0 Å². The number of halogens is 1. The minimum atomic E-state index is -0.295. The molecule has 0 saturated carbocycles. The molecular weight excluding hydrogens is 338 g/mol. The molecule has 0 aliphatic rings. The number of amides is 1. The number of para-hydroxylation sites is 1. The van der Waals surface area contributed by atoms with Crippen LogP contribution in [0.2, 0.25) is 5.02 Å². The van der Waals surface area contributed by atoms with Gasteiger partial charge in [-0.05, 0) is 29.8 Å². The molecule has 0 unspecified atom stereocenters. The summed E-state index contributed by atoms with van der Waals surface area (Å²) in [6.45, 7) is 0. The van der Waals surface area contributed by atoms with Gasteiger partial charge in [-0.15, -0.1) is 0 Å². The fraction of sp³-hybridized carbons (Fsp3) is 0. The molecule has 0 radical (unpaired) electrons. The minimum absolute atomic E-state index is 0.284. The van der Waals surface area contributed by atoms with Crippen molar-refractivity contribution in [1.29, 1.82) is 0 Å². The van der Waals surface area contributed by atoms with E-state index in [4.69, 9.17) is 11.6 Å². The number of carbonyl (C=O) groups excluding carboxylic acids is 1. The van der Waals surface area contributed by atoms with Crippen LogP contribution in [0.15, 0.2) is 71.5 Å². The van der Waals surface area contributed by atoms with Crippen LogP contribution in [0.1, 0.15) is 5.56 Å². The van der Waals surface area contributed by atoms with Crippen molar-refractivity contribution in [1.82, 2.24) is 10.2 Å². The predicted octanol–water partition coefficient (Wildman–Crippen LogP) is 3.74. The monoisotopic (exact) mass is 351 g/mol. The average Bonchev–Trinajstić information content (AvgIpc) is 2.62. The molecule has 0 bridgehead atoms. The molecule has 0 atom stereocenters. The third kappa shape index (κ3) is 4.22. The van der Waals surface area contributed by atoms with E-state index in [2.05, 4.69) is 15.5 Å². The second-order valence-electron chi connectivity index (χ2n) is 5.20. The van der Waals surface area contributed by atoms with Crippen molar-refractivity contribution in [2.45, 2.75) is 0 Å². The molecule has 1 amide bonds. The molecule has 1 heterocycles.